The lowest BCUT2D eigenvalue weighted by Gasteiger charge is -2.41. The molecule has 238 valence electrons. The minimum Gasteiger partial charge on any atom is -0.496 e. The van der Waals surface area contributed by atoms with Crippen LogP contribution in [-0.2, 0) is 38.3 Å². The summed E-state index contributed by atoms with van der Waals surface area (Å²) in [5.74, 6) is 0.354. The molecule has 0 bridgehead atoms. The largest absolute Gasteiger partial charge is 0.496 e. The van der Waals surface area contributed by atoms with Crippen LogP contribution in [0.3, 0.4) is 0 Å². The van der Waals surface area contributed by atoms with Crippen LogP contribution in [0.1, 0.15) is 67.2 Å². The molecule has 3 aromatic carbocycles. The van der Waals surface area contributed by atoms with E-state index in [4.69, 9.17) is 23.4 Å². The van der Waals surface area contributed by atoms with Crippen LogP contribution in [0.4, 0.5) is 0 Å². The monoisotopic (exact) mass is 618 g/mol. The molecule has 0 heterocycles. The molecule has 0 N–H and O–H groups in total. The zero-order valence-corrected chi connectivity index (χ0v) is 29.0. The molecular weight excluding hydrogens is 568 g/mol. The van der Waals surface area contributed by atoms with Crippen LogP contribution in [0, 0.1) is 12.8 Å². The van der Waals surface area contributed by atoms with Crippen molar-refractivity contribution in [1.82, 2.24) is 0 Å². The topological polar surface area (TPSA) is 63.2 Å². The first-order valence-corrected chi connectivity index (χ1v) is 18.2. The van der Waals surface area contributed by atoms with Crippen molar-refractivity contribution in [3.8, 4) is 11.5 Å². The summed E-state index contributed by atoms with van der Waals surface area (Å²) in [6.07, 6.45) is 1.69. The Morgan fingerprint density at radius 1 is 0.909 bits per heavy atom. The minimum atomic E-state index is -2.41. The number of methoxy groups -OCH3 is 2. The molecular formula is C37H50O6Si. The summed E-state index contributed by atoms with van der Waals surface area (Å²) in [4.78, 5) is 13.7. The van der Waals surface area contributed by atoms with Gasteiger partial charge in [-0.15, -0.1) is 0 Å². The Bertz CT molecular complexity index is 1380. The van der Waals surface area contributed by atoms with Crippen molar-refractivity contribution in [2.75, 3.05) is 20.8 Å². The van der Waals surface area contributed by atoms with E-state index in [0.717, 1.165) is 33.4 Å². The van der Waals surface area contributed by atoms with Crippen LogP contribution in [0.5, 0.6) is 11.5 Å². The van der Waals surface area contributed by atoms with E-state index in [1.807, 2.05) is 74.5 Å². The zero-order chi connectivity index (χ0) is 32.5. The second kappa shape index (κ2) is 15.6. The Balaban J connectivity index is 2.09. The third kappa shape index (κ3) is 8.40. The van der Waals surface area contributed by atoms with E-state index in [1.54, 1.807) is 20.3 Å². The molecule has 44 heavy (non-hydrogen) atoms. The molecule has 0 radical (unpaired) electrons. The average Bonchev–Trinajstić information content (AvgIpc) is 3.01. The second-order valence-electron chi connectivity index (χ2n) is 12.7. The van der Waals surface area contributed by atoms with Gasteiger partial charge in [-0.1, -0.05) is 94.1 Å². The number of carbonyl (C=O) groups is 1. The lowest BCUT2D eigenvalue weighted by atomic mass is 9.87. The summed E-state index contributed by atoms with van der Waals surface area (Å²) in [6, 6.07) is 19.8. The lowest BCUT2D eigenvalue weighted by molar-refractivity contribution is -0.153. The van der Waals surface area contributed by atoms with E-state index >= 15 is 0 Å². The van der Waals surface area contributed by atoms with Crippen molar-refractivity contribution < 1.29 is 28.2 Å². The molecule has 0 saturated carbocycles. The fourth-order valence-electron chi connectivity index (χ4n) is 5.03. The van der Waals surface area contributed by atoms with Gasteiger partial charge >= 0.3 is 5.97 Å². The van der Waals surface area contributed by atoms with Crippen molar-refractivity contribution in [3.05, 3.63) is 101 Å². The molecule has 0 aromatic heterocycles. The van der Waals surface area contributed by atoms with Crippen LogP contribution in [0.15, 0.2) is 67.2 Å². The highest BCUT2D eigenvalue weighted by Gasteiger charge is 2.44. The maximum Gasteiger partial charge on any atom is 0.311 e. The van der Waals surface area contributed by atoms with E-state index in [-0.39, 0.29) is 17.6 Å². The number of benzene rings is 3. The van der Waals surface area contributed by atoms with Crippen molar-refractivity contribution in [2.45, 2.75) is 78.5 Å². The van der Waals surface area contributed by atoms with E-state index in [1.165, 1.54) is 0 Å². The minimum absolute atomic E-state index is 0.108. The third-order valence-electron chi connectivity index (χ3n) is 8.63. The molecule has 2 atom stereocenters. The Labute approximate surface area is 265 Å². The number of hydrogen-bond acceptors (Lipinski definition) is 6. The second-order valence-corrected chi connectivity index (χ2v) is 17.4. The third-order valence-corrected chi connectivity index (χ3v) is 13.1. The fourth-order valence-corrected chi connectivity index (χ4v) is 6.34. The molecule has 3 rings (SSSR count). The van der Waals surface area contributed by atoms with Crippen LogP contribution in [0.25, 0.3) is 6.08 Å². The average molecular weight is 619 g/mol. The summed E-state index contributed by atoms with van der Waals surface area (Å²) in [5.41, 5.74) is 5.43. The zero-order valence-electron chi connectivity index (χ0n) is 28.0. The van der Waals surface area contributed by atoms with Gasteiger partial charge in [0, 0.05) is 16.7 Å². The smallest absolute Gasteiger partial charge is 0.311 e. The standard InChI is InChI=1S/C37H50O6Si/c1-11-30-32(35(40-8)31(26(2)33(30)39-7)22-23-41-24-28-18-14-12-15-19-28)34(43-44(9,10)37(4,5)6)27(3)36(38)42-25-29-20-16-13-17-21-29/h11-21,27,34H,1,22-25H2,2-10H3/t27-,34+/m1/s1. The highest BCUT2D eigenvalue weighted by atomic mass is 28.4. The van der Waals surface area contributed by atoms with Gasteiger partial charge in [-0.3, -0.25) is 4.79 Å². The van der Waals surface area contributed by atoms with Crippen molar-refractivity contribution in [3.63, 3.8) is 0 Å². The van der Waals surface area contributed by atoms with Crippen molar-refractivity contribution in [2.24, 2.45) is 5.92 Å². The first-order chi connectivity index (χ1) is 20.9. The van der Waals surface area contributed by atoms with Gasteiger partial charge in [0.25, 0.3) is 0 Å². The quantitative estimate of drug-likeness (QED) is 0.0963. The normalized spacial score (nSPS) is 13.2. The summed E-state index contributed by atoms with van der Waals surface area (Å²) in [7, 11) is 0.908. The molecule has 0 unspecified atom stereocenters. The van der Waals surface area contributed by atoms with Crippen LogP contribution >= 0.6 is 0 Å². The SMILES string of the molecule is C=Cc1c(OC)c(C)c(CCOCc2ccccc2)c(OC)c1[C@@H](O[Si](C)(C)C(C)(C)C)[C@@H](C)C(=O)OCc1ccccc1. The summed E-state index contributed by atoms with van der Waals surface area (Å²) in [5, 5.41) is -0.108. The Morgan fingerprint density at radius 2 is 1.45 bits per heavy atom. The number of rotatable bonds is 15. The molecule has 6 nitrogen and oxygen atoms in total. The number of ether oxygens (including phenoxy) is 4. The van der Waals surface area contributed by atoms with E-state index < -0.39 is 20.3 Å². The van der Waals surface area contributed by atoms with Crippen molar-refractivity contribution >= 4 is 20.4 Å². The van der Waals surface area contributed by atoms with Gasteiger partial charge in [0.2, 0.25) is 0 Å². The maximum absolute atomic E-state index is 13.7. The molecule has 3 aromatic rings. The lowest BCUT2D eigenvalue weighted by Crippen LogP contribution is -2.44. The summed E-state index contributed by atoms with van der Waals surface area (Å²) in [6.45, 7) is 20.1. The van der Waals surface area contributed by atoms with Crippen molar-refractivity contribution in [1.29, 1.82) is 0 Å². The Kier molecular flexibility index (Phi) is 12.4. The van der Waals surface area contributed by atoms with E-state index in [0.29, 0.717) is 31.1 Å². The maximum atomic E-state index is 13.7. The van der Waals surface area contributed by atoms with E-state index in [2.05, 4.69) is 40.4 Å². The van der Waals surface area contributed by atoms with Gasteiger partial charge in [0.1, 0.15) is 18.1 Å². The number of esters is 1. The van der Waals surface area contributed by atoms with Gasteiger partial charge in [-0.2, -0.15) is 0 Å². The first-order valence-electron chi connectivity index (χ1n) is 15.3. The molecule has 0 aliphatic rings. The molecule has 0 fully saturated rings. The van der Waals surface area contributed by atoms with Gasteiger partial charge in [0.05, 0.1) is 39.5 Å². The van der Waals surface area contributed by atoms with Gasteiger partial charge in [0.15, 0.2) is 8.32 Å². The molecule has 0 saturated heterocycles. The number of carbonyl (C=O) groups excluding carboxylic acids is 1. The Morgan fingerprint density at radius 3 is 1.95 bits per heavy atom. The van der Waals surface area contributed by atoms with E-state index in [9.17, 15) is 4.79 Å². The molecule has 0 aliphatic carbocycles. The highest BCUT2D eigenvalue weighted by molar-refractivity contribution is 6.74. The predicted molar refractivity (Wildman–Crippen MR) is 181 cm³/mol. The van der Waals surface area contributed by atoms with Gasteiger partial charge < -0.3 is 23.4 Å². The molecule has 0 amide bonds. The van der Waals surface area contributed by atoms with Gasteiger partial charge in [-0.05, 0) is 55.1 Å². The summed E-state index contributed by atoms with van der Waals surface area (Å²) >= 11 is 0. The van der Waals surface area contributed by atoms with Crippen LogP contribution in [0.2, 0.25) is 18.1 Å². The molecule has 0 spiro atoms. The predicted octanol–water partition coefficient (Wildman–Crippen LogP) is 8.86. The number of hydrogen-bond donors (Lipinski definition) is 0. The molecule has 0 aliphatic heterocycles. The fraction of sp³-hybridized carbons (Fsp3) is 0.432. The van der Waals surface area contributed by atoms with Gasteiger partial charge in [-0.25, -0.2) is 0 Å². The first kappa shape index (κ1) is 35.1. The van der Waals surface area contributed by atoms with Crippen LogP contribution in [-0.4, -0.2) is 35.1 Å². The van der Waals surface area contributed by atoms with Crippen LogP contribution < -0.4 is 9.47 Å². The highest BCUT2D eigenvalue weighted by Crippen LogP contribution is 2.49. The summed E-state index contributed by atoms with van der Waals surface area (Å²) < 4.78 is 31.2. The molecule has 7 heteroatoms. The Hall–Kier alpha value is -3.39.